The molecule has 156 valence electrons. The first-order valence-electron chi connectivity index (χ1n) is 9.36. The third kappa shape index (κ3) is 3.57. The zero-order chi connectivity index (χ0) is 21.6. The number of carbonyl (C=O) groups is 1. The number of hydrogen-bond donors (Lipinski definition) is 1. The number of halogens is 1. The van der Waals surface area contributed by atoms with E-state index in [0.717, 1.165) is 27.0 Å². The Kier molecular flexibility index (Phi) is 5.29. The minimum absolute atomic E-state index is 0.0250. The number of carboxylic acid groups (broad SMARTS) is 1. The average Bonchev–Trinajstić information content (AvgIpc) is 3.10. The Labute approximate surface area is 183 Å². The predicted octanol–water partition coefficient (Wildman–Crippen LogP) is 3.70. The molecule has 0 unspecified atom stereocenters. The van der Waals surface area contributed by atoms with Crippen LogP contribution in [-0.4, -0.2) is 40.1 Å². The summed E-state index contributed by atoms with van der Waals surface area (Å²) in [5.74, 6) is -1.17. The summed E-state index contributed by atoms with van der Waals surface area (Å²) in [7, 11) is -3.75. The highest BCUT2D eigenvalue weighted by atomic mass is 79.9. The van der Waals surface area contributed by atoms with E-state index in [-0.39, 0.29) is 23.7 Å². The molecule has 9 heteroatoms. The van der Waals surface area contributed by atoms with Gasteiger partial charge in [-0.1, -0.05) is 22.0 Å². The van der Waals surface area contributed by atoms with Crippen molar-refractivity contribution in [2.75, 3.05) is 6.54 Å². The molecule has 0 saturated carbocycles. The SMILES string of the molecule is Cc1ccc(S(=O)(=O)N2CCc3c(c(C(=O)O)nn3-c3ccc(Br)cc3)C2)cc1C. The Bertz CT molecular complexity index is 1250. The minimum Gasteiger partial charge on any atom is -0.476 e. The van der Waals surface area contributed by atoms with Gasteiger partial charge in [0.25, 0.3) is 0 Å². The van der Waals surface area contributed by atoms with E-state index >= 15 is 0 Å². The number of rotatable bonds is 4. The van der Waals surface area contributed by atoms with E-state index < -0.39 is 16.0 Å². The molecular formula is C21H20BrN3O4S. The molecule has 0 spiro atoms. The first kappa shape index (κ1) is 20.8. The summed E-state index contributed by atoms with van der Waals surface area (Å²) >= 11 is 3.39. The topological polar surface area (TPSA) is 92.5 Å². The van der Waals surface area contributed by atoms with Crippen molar-refractivity contribution in [1.29, 1.82) is 0 Å². The molecule has 1 aliphatic rings. The summed E-state index contributed by atoms with van der Waals surface area (Å²) in [6.45, 7) is 4.02. The molecule has 2 heterocycles. The van der Waals surface area contributed by atoms with Crippen LogP contribution in [0.3, 0.4) is 0 Å². The van der Waals surface area contributed by atoms with Crippen molar-refractivity contribution >= 4 is 31.9 Å². The maximum Gasteiger partial charge on any atom is 0.356 e. The summed E-state index contributed by atoms with van der Waals surface area (Å²) < 4.78 is 30.2. The lowest BCUT2D eigenvalue weighted by Crippen LogP contribution is -2.36. The van der Waals surface area contributed by atoms with Gasteiger partial charge in [0.15, 0.2) is 5.69 Å². The first-order chi connectivity index (χ1) is 14.2. The van der Waals surface area contributed by atoms with E-state index in [1.54, 1.807) is 22.9 Å². The lowest BCUT2D eigenvalue weighted by atomic mass is 10.1. The number of benzene rings is 2. The van der Waals surface area contributed by atoms with Gasteiger partial charge >= 0.3 is 5.97 Å². The molecule has 0 aliphatic carbocycles. The number of aryl methyl sites for hydroxylation is 2. The molecule has 0 bridgehead atoms. The summed E-state index contributed by atoms with van der Waals surface area (Å²) in [6, 6.07) is 12.4. The van der Waals surface area contributed by atoms with Gasteiger partial charge in [-0.15, -0.1) is 0 Å². The maximum absolute atomic E-state index is 13.2. The van der Waals surface area contributed by atoms with Crippen molar-refractivity contribution in [3.8, 4) is 5.69 Å². The van der Waals surface area contributed by atoms with Crippen LogP contribution in [0.25, 0.3) is 5.69 Å². The van der Waals surface area contributed by atoms with Crippen LogP contribution < -0.4 is 0 Å². The number of carboxylic acids is 1. The van der Waals surface area contributed by atoms with Crippen LogP contribution in [-0.2, 0) is 23.0 Å². The molecule has 2 aromatic carbocycles. The smallest absolute Gasteiger partial charge is 0.356 e. The highest BCUT2D eigenvalue weighted by Gasteiger charge is 2.34. The summed E-state index contributed by atoms with van der Waals surface area (Å²) in [6.07, 6.45) is 0.371. The number of sulfonamides is 1. The molecule has 1 aliphatic heterocycles. The van der Waals surface area contributed by atoms with Crippen molar-refractivity contribution in [2.24, 2.45) is 0 Å². The van der Waals surface area contributed by atoms with Crippen molar-refractivity contribution in [1.82, 2.24) is 14.1 Å². The van der Waals surface area contributed by atoms with Crippen molar-refractivity contribution < 1.29 is 18.3 Å². The van der Waals surface area contributed by atoms with Gasteiger partial charge in [0.1, 0.15) is 0 Å². The second-order valence-electron chi connectivity index (χ2n) is 7.30. The van der Waals surface area contributed by atoms with Crippen LogP contribution in [0.4, 0.5) is 0 Å². The fourth-order valence-electron chi connectivity index (χ4n) is 3.59. The standard InChI is InChI=1S/C21H20BrN3O4S/c1-13-3-8-17(11-14(13)2)30(28,29)24-10-9-19-18(12-24)20(21(26)27)23-25(19)16-6-4-15(22)5-7-16/h3-8,11H,9-10,12H2,1-2H3,(H,26,27). The lowest BCUT2D eigenvalue weighted by molar-refractivity contribution is 0.0688. The number of fused-ring (bicyclic) bond motifs is 1. The van der Waals surface area contributed by atoms with Crippen LogP contribution in [0.1, 0.15) is 32.9 Å². The zero-order valence-corrected chi connectivity index (χ0v) is 18.9. The summed E-state index contributed by atoms with van der Waals surface area (Å²) in [5, 5.41) is 14.0. The molecule has 1 aromatic heterocycles. The van der Waals surface area contributed by atoms with E-state index in [9.17, 15) is 18.3 Å². The quantitative estimate of drug-likeness (QED) is 0.602. The van der Waals surface area contributed by atoms with E-state index in [4.69, 9.17) is 0 Å². The fraction of sp³-hybridized carbons (Fsp3) is 0.238. The molecule has 3 aromatic rings. The van der Waals surface area contributed by atoms with Gasteiger partial charge in [-0.2, -0.15) is 9.40 Å². The van der Waals surface area contributed by atoms with Gasteiger partial charge in [-0.05, 0) is 61.4 Å². The summed E-state index contributed by atoms with van der Waals surface area (Å²) in [4.78, 5) is 12.0. The number of aromatic nitrogens is 2. The van der Waals surface area contributed by atoms with Gasteiger partial charge in [0, 0.05) is 29.5 Å². The fourth-order valence-corrected chi connectivity index (χ4v) is 5.35. The number of hydrogen-bond acceptors (Lipinski definition) is 4. The van der Waals surface area contributed by atoms with Crippen molar-refractivity contribution in [3.05, 3.63) is 75.0 Å². The molecule has 0 radical (unpaired) electrons. The molecule has 7 nitrogen and oxygen atoms in total. The van der Waals surface area contributed by atoms with Crippen LogP contribution in [0, 0.1) is 13.8 Å². The lowest BCUT2D eigenvalue weighted by Gasteiger charge is -2.27. The number of nitrogens with zero attached hydrogens (tertiary/aromatic N) is 3. The Balaban J connectivity index is 1.75. The highest BCUT2D eigenvalue weighted by molar-refractivity contribution is 9.10. The second-order valence-corrected chi connectivity index (χ2v) is 10.2. The maximum atomic E-state index is 13.2. The van der Waals surface area contributed by atoms with E-state index in [1.807, 2.05) is 38.1 Å². The van der Waals surface area contributed by atoms with Gasteiger partial charge in [0.2, 0.25) is 10.0 Å². The monoisotopic (exact) mass is 489 g/mol. The average molecular weight is 490 g/mol. The molecule has 1 N–H and O–H groups in total. The molecule has 0 fully saturated rings. The third-order valence-electron chi connectivity index (χ3n) is 5.41. The predicted molar refractivity (Wildman–Crippen MR) is 115 cm³/mol. The molecular weight excluding hydrogens is 470 g/mol. The zero-order valence-electron chi connectivity index (χ0n) is 16.5. The van der Waals surface area contributed by atoms with Crippen molar-refractivity contribution in [2.45, 2.75) is 31.7 Å². The van der Waals surface area contributed by atoms with Gasteiger partial charge in [-0.3, -0.25) is 0 Å². The molecule has 0 atom stereocenters. The van der Waals surface area contributed by atoms with Crippen molar-refractivity contribution in [3.63, 3.8) is 0 Å². The van der Waals surface area contributed by atoms with Gasteiger partial charge < -0.3 is 5.11 Å². The summed E-state index contributed by atoms with van der Waals surface area (Å²) in [5.41, 5.74) is 3.67. The van der Waals surface area contributed by atoms with Gasteiger partial charge in [-0.25, -0.2) is 17.9 Å². The largest absolute Gasteiger partial charge is 0.476 e. The third-order valence-corrected chi connectivity index (χ3v) is 7.78. The number of aromatic carboxylic acids is 1. The van der Waals surface area contributed by atoms with Gasteiger partial charge in [0.05, 0.1) is 16.3 Å². The van der Waals surface area contributed by atoms with E-state index in [0.29, 0.717) is 12.0 Å². The minimum atomic E-state index is -3.75. The Morgan fingerprint density at radius 1 is 1.10 bits per heavy atom. The Hall–Kier alpha value is -2.49. The second kappa shape index (κ2) is 7.64. The first-order valence-corrected chi connectivity index (χ1v) is 11.6. The highest BCUT2D eigenvalue weighted by Crippen LogP contribution is 2.30. The van der Waals surface area contributed by atoms with Crippen LogP contribution >= 0.6 is 15.9 Å². The van der Waals surface area contributed by atoms with Crippen LogP contribution in [0.15, 0.2) is 51.8 Å². The van der Waals surface area contributed by atoms with Crippen LogP contribution in [0.2, 0.25) is 0 Å². The Morgan fingerprint density at radius 2 is 1.80 bits per heavy atom. The molecule has 0 amide bonds. The van der Waals surface area contributed by atoms with Crippen LogP contribution in [0.5, 0.6) is 0 Å². The molecule has 0 saturated heterocycles. The normalized spacial score (nSPS) is 14.5. The van der Waals surface area contributed by atoms with E-state index in [1.165, 1.54) is 4.31 Å². The molecule has 4 rings (SSSR count). The van der Waals surface area contributed by atoms with E-state index in [2.05, 4.69) is 21.0 Å². The Morgan fingerprint density at radius 3 is 2.43 bits per heavy atom. The molecule has 30 heavy (non-hydrogen) atoms.